The molecule has 0 unspecified atom stereocenters. The van der Waals surface area contributed by atoms with Crippen molar-refractivity contribution in [3.8, 4) is 5.88 Å². The molecule has 0 spiro atoms. The minimum atomic E-state index is -0.537. The van der Waals surface area contributed by atoms with Crippen molar-refractivity contribution in [2.45, 2.75) is 6.92 Å². The molecule has 3 aromatic rings. The van der Waals surface area contributed by atoms with Crippen molar-refractivity contribution in [3.63, 3.8) is 0 Å². The van der Waals surface area contributed by atoms with E-state index in [0.29, 0.717) is 21.5 Å². The first-order valence-corrected chi connectivity index (χ1v) is 7.86. The standard InChI is InChI=1S/C16H11BrClN3O2/c1-8-5-6-11-12(13(8)17)14(16(23)19-11)20-21-15(22)9-3-2-4-10(18)7-9/h2-7,19,23H,1H3. The van der Waals surface area contributed by atoms with Crippen molar-refractivity contribution >= 4 is 50.0 Å². The Bertz CT molecular complexity index is 950. The van der Waals surface area contributed by atoms with Crippen LogP contribution in [0.2, 0.25) is 5.02 Å². The second-order valence-corrected chi connectivity index (χ2v) is 6.19. The van der Waals surface area contributed by atoms with Crippen LogP contribution in [-0.2, 0) is 0 Å². The van der Waals surface area contributed by atoms with Crippen molar-refractivity contribution in [2.75, 3.05) is 0 Å². The van der Waals surface area contributed by atoms with Crippen LogP contribution in [0, 0.1) is 6.92 Å². The van der Waals surface area contributed by atoms with Gasteiger partial charge in [0.05, 0.1) is 5.52 Å². The maximum atomic E-state index is 12.1. The quantitative estimate of drug-likeness (QED) is 0.563. The Morgan fingerprint density at radius 3 is 2.83 bits per heavy atom. The summed E-state index contributed by atoms with van der Waals surface area (Å²) in [6, 6.07) is 10.2. The zero-order valence-corrected chi connectivity index (χ0v) is 14.3. The van der Waals surface area contributed by atoms with Crippen LogP contribution in [0.4, 0.5) is 5.69 Å². The number of rotatable bonds is 2. The molecule has 0 aliphatic heterocycles. The summed E-state index contributed by atoms with van der Waals surface area (Å²) in [6.07, 6.45) is 0. The van der Waals surface area contributed by atoms with Crippen molar-refractivity contribution in [1.29, 1.82) is 0 Å². The molecule has 23 heavy (non-hydrogen) atoms. The molecule has 0 saturated heterocycles. The van der Waals surface area contributed by atoms with Gasteiger partial charge in [0.1, 0.15) is 0 Å². The molecule has 0 atom stereocenters. The number of carbonyl (C=O) groups excluding carboxylic acids is 1. The number of azo groups is 1. The number of hydrogen-bond donors (Lipinski definition) is 2. The molecule has 5 nitrogen and oxygen atoms in total. The lowest BCUT2D eigenvalue weighted by atomic mass is 10.1. The van der Waals surface area contributed by atoms with E-state index in [2.05, 4.69) is 31.1 Å². The summed E-state index contributed by atoms with van der Waals surface area (Å²) in [5.41, 5.74) is 2.22. The van der Waals surface area contributed by atoms with Crippen LogP contribution >= 0.6 is 27.5 Å². The SMILES string of the molecule is Cc1ccc2[nH]c(O)c(N=NC(=O)c3cccc(Cl)c3)c2c1Br. The Hall–Kier alpha value is -2.18. The van der Waals surface area contributed by atoms with Gasteiger partial charge in [0, 0.05) is 20.4 Å². The van der Waals surface area contributed by atoms with Crippen LogP contribution in [0.25, 0.3) is 10.9 Å². The molecule has 0 aliphatic rings. The minimum Gasteiger partial charge on any atom is -0.493 e. The number of hydrogen-bond acceptors (Lipinski definition) is 3. The number of aromatic nitrogens is 1. The van der Waals surface area contributed by atoms with Gasteiger partial charge in [-0.15, -0.1) is 10.2 Å². The highest BCUT2D eigenvalue weighted by molar-refractivity contribution is 9.10. The smallest absolute Gasteiger partial charge is 0.295 e. The number of benzene rings is 2. The lowest BCUT2D eigenvalue weighted by Crippen LogP contribution is -1.92. The summed E-state index contributed by atoms with van der Waals surface area (Å²) >= 11 is 9.33. The maximum Gasteiger partial charge on any atom is 0.295 e. The average molecular weight is 393 g/mol. The Balaban J connectivity index is 2.03. The first-order chi connectivity index (χ1) is 11.0. The molecule has 2 aromatic carbocycles. The number of nitrogens with zero attached hydrogens (tertiary/aromatic N) is 2. The number of aryl methyl sites for hydroxylation is 1. The van der Waals surface area contributed by atoms with Gasteiger partial charge in [-0.2, -0.15) is 0 Å². The van der Waals surface area contributed by atoms with Gasteiger partial charge in [-0.1, -0.05) is 23.7 Å². The molecule has 1 aromatic heterocycles. The Labute approximate surface area is 145 Å². The average Bonchev–Trinajstić information content (AvgIpc) is 2.85. The molecule has 0 aliphatic carbocycles. The van der Waals surface area contributed by atoms with Crippen molar-refractivity contribution in [2.24, 2.45) is 10.2 Å². The van der Waals surface area contributed by atoms with Gasteiger partial charge in [-0.3, -0.25) is 4.79 Å². The van der Waals surface area contributed by atoms with Gasteiger partial charge in [-0.05, 0) is 52.7 Å². The van der Waals surface area contributed by atoms with Crippen LogP contribution in [0.5, 0.6) is 5.88 Å². The van der Waals surface area contributed by atoms with Crippen LogP contribution in [0.15, 0.2) is 51.1 Å². The third-order valence-electron chi connectivity index (χ3n) is 3.36. The Morgan fingerprint density at radius 2 is 2.09 bits per heavy atom. The highest BCUT2D eigenvalue weighted by Gasteiger charge is 2.15. The van der Waals surface area contributed by atoms with E-state index in [1.165, 1.54) is 6.07 Å². The monoisotopic (exact) mass is 391 g/mol. The molecule has 0 bridgehead atoms. The number of halogens is 2. The van der Waals surface area contributed by atoms with E-state index in [1.54, 1.807) is 18.2 Å². The highest BCUT2D eigenvalue weighted by Crippen LogP contribution is 2.41. The molecule has 0 fully saturated rings. The van der Waals surface area contributed by atoms with E-state index in [4.69, 9.17) is 11.6 Å². The number of carbonyl (C=O) groups is 1. The predicted octanol–water partition coefficient (Wildman–Crippen LogP) is 5.52. The summed E-state index contributed by atoms with van der Waals surface area (Å²) < 4.78 is 0.788. The number of fused-ring (bicyclic) bond motifs is 1. The molecule has 2 N–H and O–H groups in total. The number of nitrogens with one attached hydrogen (secondary N) is 1. The van der Waals surface area contributed by atoms with Gasteiger partial charge in [0.2, 0.25) is 5.88 Å². The number of amides is 1. The molecule has 1 amide bonds. The van der Waals surface area contributed by atoms with Crippen LogP contribution in [0.1, 0.15) is 15.9 Å². The van der Waals surface area contributed by atoms with E-state index in [9.17, 15) is 9.90 Å². The molecule has 116 valence electrons. The number of aromatic hydroxyl groups is 1. The molecule has 7 heteroatoms. The van der Waals surface area contributed by atoms with Crippen LogP contribution < -0.4 is 0 Å². The summed E-state index contributed by atoms with van der Waals surface area (Å²) in [4.78, 5) is 14.9. The fourth-order valence-corrected chi connectivity index (χ4v) is 2.92. The van der Waals surface area contributed by atoms with Gasteiger partial charge in [0.15, 0.2) is 5.69 Å². The third kappa shape index (κ3) is 3.00. The van der Waals surface area contributed by atoms with E-state index < -0.39 is 5.91 Å². The number of H-pyrrole nitrogens is 1. The van der Waals surface area contributed by atoms with Crippen molar-refractivity contribution in [1.82, 2.24) is 4.98 Å². The van der Waals surface area contributed by atoms with E-state index in [-0.39, 0.29) is 11.6 Å². The Morgan fingerprint density at radius 1 is 1.30 bits per heavy atom. The predicted molar refractivity (Wildman–Crippen MR) is 92.7 cm³/mol. The second-order valence-electron chi connectivity index (χ2n) is 4.96. The van der Waals surface area contributed by atoms with Crippen LogP contribution in [-0.4, -0.2) is 16.0 Å². The van der Waals surface area contributed by atoms with Gasteiger partial charge in [0.25, 0.3) is 5.91 Å². The van der Waals surface area contributed by atoms with E-state index in [0.717, 1.165) is 10.0 Å². The van der Waals surface area contributed by atoms with E-state index >= 15 is 0 Å². The molecule has 0 saturated carbocycles. The maximum absolute atomic E-state index is 12.1. The first kappa shape index (κ1) is 15.7. The topological polar surface area (TPSA) is 77.8 Å². The molecule has 1 heterocycles. The summed E-state index contributed by atoms with van der Waals surface area (Å²) in [5.74, 6) is -0.682. The highest BCUT2D eigenvalue weighted by atomic mass is 79.9. The largest absolute Gasteiger partial charge is 0.493 e. The molecular formula is C16H11BrClN3O2. The minimum absolute atomic E-state index is 0.144. The van der Waals surface area contributed by atoms with Gasteiger partial charge in [-0.25, -0.2) is 0 Å². The zero-order valence-electron chi connectivity index (χ0n) is 12.0. The fraction of sp³-hybridized carbons (Fsp3) is 0.0625. The van der Waals surface area contributed by atoms with Crippen molar-refractivity contribution < 1.29 is 9.90 Å². The van der Waals surface area contributed by atoms with Gasteiger partial charge < -0.3 is 10.1 Å². The second kappa shape index (κ2) is 6.14. The molecule has 3 rings (SSSR count). The lowest BCUT2D eigenvalue weighted by molar-refractivity contribution is 0.0995. The summed E-state index contributed by atoms with van der Waals surface area (Å²) in [5, 5.41) is 18.7. The first-order valence-electron chi connectivity index (χ1n) is 6.68. The lowest BCUT2D eigenvalue weighted by Gasteiger charge is -2.00. The molecule has 0 radical (unpaired) electrons. The fourth-order valence-electron chi connectivity index (χ4n) is 2.19. The third-order valence-corrected chi connectivity index (χ3v) is 4.62. The van der Waals surface area contributed by atoms with Gasteiger partial charge >= 0.3 is 0 Å². The number of aromatic amines is 1. The summed E-state index contributed by atoms with van der Waals surface area (Å²) in [7, 11) is 0. The zero-order chi connectivity index (χ0) is 16.6. The Kier molecular flexibility index (Phi) is 4.19. The molecular weight excluding hydrogens is 382 g/mol. The normalized spacial score (nSPS) is 11.4. The van der Waals surface area contributed by atoms with Crippen LogP contribution in [0.3, 0.4) is 0 Å². The summed E-state index contributed by atoms with van der Waals surface area (Å²) in [6.45, 7) is 1.92. The van der Waals surface area contributed by atoms with Crippen molar-refractivity contribution in [3.05, 3.63) is 57.0 Å². The van der Waals surface area contributed by atoms with E-state index in [1.807, 2.05) is 19.1 Å².